The lowest BCUT2D eigenvalue weighted by Crippen LogP contribution is -2.41. The summed E-state index contributed by atoms with van der Waals surface area (Å²) in [6.45, 7) is 2.31. The number of halogens is 1. The number of para-hydroxylation sites is 2. The Bertz CT molecular complexity index is 1050. The molecule has 0 saturated heterocycles. The van der Waals surface area contributed by atoms with E-state index in [2.05, 4.69) is 11.4 Å². The highest BCUT2D eigenvalue weighted by atomic mass is 35.5. The van der Waals surface area contributed by atoms with Crippen molar-refractivity contribution in [3.05, 3.63) is 65.2 Å². The number of sulfonamides is 1. The number of allylic oxidation sites excluding steroid dienone is 1. The van der Waals surface area contributed by atoms with Crippen molar-refractivity contribution >= 4 is 33.2 Å². The van der Waals surface area contributed by atoms with Crippen molar-refractivity contribution in [1.82, 2.24) is 5.32 Å². The van der Waals surface area contributed by atoms with Gasteiger partial charge in [0.2, 0.25) is 5.91 Å². The standard InChI is InChI=1S/C24H29ClN2O4S/c1-2-31-23-11-7-6-10-22(23)27(32(29,30)21-14-12-20(25)13-15-21)18-24(28)26-17-16-19-8-4-3-5-9-19/h6-8,10-15H,2-5,9,16-18H2,1H3,(H,26,28). The van der Waals surface area contributed by atoms with Crippen LogP contribution in [0, 0.1) is 0 Å². The van der Waals surface area contributed by atoms with Crippen LogP contribution in [0.5, 0.6) is 5.75 Å². The number of anilines is 1. The molecule has 0 spiro atoms. The van der Waals surface area contributed by atoms with Gasteiger partial charge in [-0.3, -0.25) is 9.10 Å². The van der Waals surface area contributed by atoms with Crippen LogP contribution in [0.3, 0.4) is 0 Å². The molecule has 1 aliphatic carbocycles. The highest BCUT2D eigenvalue weighted by Crippen LogP contribution is 2.32. The highest BCUT2D eigenvalue weighted by Gasteiger charge is 2.29. The van der Waals surface area contributed by atoms with Crippen LogP contribution in [0.1, 0.15) is 39.0 Å². The normalized spacial score (nSPS) is 13.9. The molecule has 0 unspecified atom stereocenters. The first-order chi connectivity index (χ1) is 15.4. The zero-order chi connectivity index (χ0) is 23.0. The summed E-state index contributed by atoms with van der Waals surface area (Å²) in [5.74, 6) is 0.0259. The Morgan fingerprint density at radius 2 is 1.88 bits per heavy atom. The maximum atomic E-state index is 13.5. The Kier molecular flexibility index (Phi) is 8.59. The van der Waals surface area contributed by atoms with Crippen LogP contribution in [0.15, 0.2) is 65.1 Å². The number of hydrogen-bond acceptors (Lipinski definition) is 4. The second-order valence-corrected chi connectivity index (χ2v) is 9.87. The summed E-state index contributed by atoms with van der Waals surface area (Å²) in [6, 6.07) is 12.7. The van der Waals surface area contributed by atoms with Gasteiger partial charge in [0.05, 0.1) is 17.2 Å². The van der Waals surface area contributed by atoms with Crippen molar-refractivity contribution in [2.24, 2.45) is 0 Å². The topological polar surface area (TPSA) is 75.7 Å². The quantitative estimate of drug-likeness (QED) is 0.493. The van der Waals surface area contributed by atoms with Gasteiger partial charge in [-0.1, -0.05) is 35.4 Å². The number of amides is 1. The van der Waals surface area contributed by atoms with Gasteiger partial charge in [0.25, 0.3) is 10.0 Å². The third kappa shape index (κ3) is 6.26. The number of ether oxygens (including phenoxy) is 1. The van der Waals surface area contributed by atoms with Gasteiger partial charge in [-0.05, 0) is 75.4 Å². The molecular weight excluding hydrogens is 448 g/mol. The van der Waals surface area contributed by atoms with Crippen molar-refractivity contribution in [1.29, 1.82) is 0 Å². The molecule has 3 rings (SSSR count). The summed E-state index contributed by atoms with van der Waals surface area (Å²) in [5, 5.41) is 3.30. The van der Waals surface area contributed by atoms with E-state index in [9.17, 15) is 13.2 Å². The summed E-state index contributed by atoms with van der Waals surface area (Å²) in [6.07, 6.45) is 7.57. The van der Waals surface area contributed by atoms with Crippen LogP contribution in [-0.4, -0.2) is 34.0 Å². The molecule has 8 heteroatoms. The molecule has 2 aromatic rings. The fourth-order valence-corrected chi connectivity index (χ4v) is 5.21. The predicted octanol–water partition coefficient (Wildman–Crippen LogP) is 4.94. The molecule has 0 saturated carbocycles. The van der Waals surface area contributed by atoms with Crippen LogP contribution in [0.2, 0.25) is 5.02 Å². The van der Waals surface area contributed by atoms with Crippen LogP contribution in [0.4, 0.5) is 5.69 Å². The molecule has 0 aliphatic heterocycles. The van der Waals surface area contributed by atoms with Gasteiger partial charge in [0, 0.05) is 11.6 Å². The third-order valence-corrected chi connectivity index (χ3v) is 7.30. The molecule has 1 N–H and O–H groups in total. The van der Waals surface area contributed by atoms with Gasteiger partial charge in [0.15, 0.2) is 0 Å². The smallest absolute Gasteiger partial charge is 0.264 e. The fourth-order valence-electron chi connectivity index (χ4n) is 3.65. The first-order valence-corrected chi connectivity index (χ1v) is 12.7. The number of hydrogen-bond donors (Lipinski definition) is 1. The number of benzene rings is 2. The Morgan fingerprint density at radius 1 is 1.12 bits per heavy atom. The molecule has 172 valence electrons. The lowest BCUT2D eigenvalue weighted by atomic mass is 9.97. The van der Waals surface area contributed by atoms with Crippen molar-refractivity contribution < 1.29 is 17.9 Å². The molecule has 0 atom stereocenters. The maximum Gasteiger partial charge on any atom is 0.264 e. The summed E-state index contributed by atoms with van der Waals surface area (Å²) >= 11 is 5.93. The summed E-state index contributed by atoms with van der Waals surface area (Å²) < 4.78 is 33.7. The summed E-state index contributed by atoms with van der Waals surface area (Å²) in [7, 11) is -4.03. The van der Waals surface area contributed by atoms with Crippen molar-refractivity contribution in [3.63, 3.8) is 0 Å². The first-order valence-electron chi connectivity index (χ1n) is 10.9. The minimum absolute atomic E-state index is 0.0494. The molecule has 6 nitrogen and oxygen atoms in total. The number of carbonyl (C=O) groups excluding carboxylic acids is 1. The number of nitrogens with zero attached hydrogens (tertiary/aromatic N) is 1. The van der Waals surface area contributed by atoms with E-state index in [1.165, 1.54) is 42.7 Å². The summed E-state index contributed by atoms with van der Waals surface area (Å²) in [5.41, 5.74) is 1.67. The van der Waals surface area contributed by atoms with E-state index >= 15 is 0 Å². The largest absolute Gasteiger partial charge is 0.492 e. The van der Waals surface area contributed by atoms with E-state index in [1.807, 2.05) is 6.92 Å². The van der Waals surface area contributed by atoms with Gasteiger partial charge in [0.1, 0.15) is 12.3 Å². The highest BCUT2D eigenvalue weighted by molar-refractivity contribution is 7.92. The van der Waals surface area contributed by atoms with Crippen LogP contribution in [0.25, 0.3) is 0 Å². The van der Waals surface area contributed by atoms with Crippen molar-refractivity contribution in [3.8, 4) is 5.75 Å². The Balaban J connectivity index is 1.83. The average Bonchev–Trinajstić information content (AvgIpc) is 2.79. The molecule has 0 aromatic heterocycles. The molecule has 0 fully saturated rings. The number of nitrogens with one attached hydrogen (secondary N) is 1. The Hall–Kier alpha value is -2.51. The number of carbonyl (C=O) groups is 1. The van der Waals surface area contributed by atoms with Gasteiger partial charge < -0.3 is 10.1 Å². The van der Waals surface area contributed by atoms with Gasteiger partial charge >= 0.3 is 0 Å². The minimum atomic E-state index is -4.03. The molecular formula is C24H29ClN2O4S. The average molecular weight is 477 g/mol. The van der Waals surface area contributed by atoms with Gasteiger partial charge in [-0.2, -0.15) is 0 Å². The fraction of sp³-hybridized carbons (Fsp3) is 0.375. The lowest BCUT2D eigenvalue weighted by Gasteiger charge is -2.26. The van der Waals surface area contributed by atoms with E-state index in [0.717, 1.165) is 23.6 Å². The molecule has 0 bridgehead atoms. The SMILES string of the molecule is CCOc1ccccc1N(CC(=O)NCCC1=CCCCC1)S(=O)(=O)c1ccc(Cl)cc1. The number of rotatable bonds is 10. The van der Waals surface area contributed by atoms with E-state index in [1.54, 1.807) is 24.3 Å². The molecule has 32 heavy (non-hydrogen) atoms. The van der Waals surface area contributed by atoms with Gasteiger partial charge in [-0.25, -0.2) is 8.42 Å². The van der Waals surface area contributed by atoms with E-state index in [4.69, 9.17) is 16.3 Å². The van der Waals surface area contributed by atoms with E-state index < -0.39 is 10.0 Å². The van der Waals surface area contributed by atoms with E-state index in [0.29, 0.717) is 29.6 Å². The Morgan fingerprint density at radius 3 is 2.56 bits per heavy atom. The van der Waals surface area contributed by atoms with E-state index in [-0.39, 0.29) is 17.3 Å². The first kappa shape index (κ1) is 24.1. The second-order valence-electron chi connectivity index (χ2n) is 7.57. The lowest BCUT2D eigenvalue weighted by molar-refractivity contribution is -0.119. The second kappa shape index (κ2) is 11.4. The molecule has 2 aromatic carbocycles. The maximum absolute atomic E-state index is 13.5. The minimum Gasteiger partial charge on any atom is -0.492 e. The zero-order valence-corrected chi connectivity index (χ0v) is 19.8. The monoisotopic (exact) mass is 476 g/mol. The molecule has 1 aliphatic rings. The van der Waals surface area contributed by atoms with Crippen LogP contribution in [-0.2, 0) is 14.8 Å². The summed E-state index contributed by atoms with van der Waals surface area (Å²) in [4.78, 5) is 12.8. The predicted molar refractivity (Wildman–Crippen MR) is 128 cm³/mol. The Labute approximate surface area is 195 Å². The van der Waals surface area contributed by atoms with Crippen LogP contribution >= 0.6 is 11.6 Å². The molecule has 0 heterocycles. The molecule has 0 radical (unpaired) electrons. The van der Waals surface area contributed by atoms with Gasteiger partial charge in [-0.15, -0.1) is 0 Å². The van der Waals surface area contributed by atoms with Crippen LogP contribution < -0.4 is 14.4 Å². The van der Waals surface area contributed by atoms with Crippen molar-refractivity contribution in [2.75, 3.05) is 24.0 Å². The van der Waals surface area contributed by atoms with Crippen molar-refractivity contribution in [2.45, 2.75) is 43.9 Å². The molecule has 1 amide bonds. The zero-order valence-electron chi connectivity index (χ0n) is 18.2. The third-order valence-electron chi connectivity index (χ3n) is 5.28.